The van der Waals surface area contributed by atoms with Crippen LogP contribution in [0.5, 0.6) is 5.88 Å². The molecule has 176 valence electrons. The first-order valence-electron chi connectivity index (χ1n) is 11.6. The largest absolute Gasteiger partial charge is 0.466 e. The first-order valence-corrected chi connectivity index (χ1v) is 11.6. The minimum Gasteiger partial charge on any atom is -0.466 e. The average molecular weight is 469 g/mol. The number of fused-ring (bicyclic) bond motifs is 1. The number of aromatic nitrogens is 4. The summed E-state index contributed by atoms with van der Waals surface area (Å²) in [6, 6.07) is 18.5. The number of amides is 1. The molecule has 0 bridgehead atoms. The third-order valence-electron chi connectivity index (χ3n) is 6.20. The molecule has 35 heavy (non-hydrogen) atoms. The highest BCUT2D eigenvalue weighted by Crippen LogP contribution is 2.34. The molecule has 0 radical (unpaired) electrons. The molecule has 1 N–H and O–H groups in total. The zero-order chi connectivity index (χ0) is 24.2. The van der Waals surface area contributed by atoms with Gasteiger partial charge in [0, 0.05) is 11.7 Å². The van der Waals surface area contributed by atoms with Crippen molar-refractivity contribution in [3.05, 3.63) is 82.5 Å². The number of ether oxygens (including phenoxy) is 1. The van der Waals surface area contributed by atoms with Crippen LogP contribution in [-0.2, 0) is 11.3 Å². The van der Waals surface area contributed by atoms with Crippen molar-refractivity contribution in [3.8, 4) is 11.9 Å². The molecule has 1 fully saturated rings. The molecule has 9 nitrogen and oxygen atoms in total. The van der Waals surface area contributed by atoms with Crippen LogP contribution in [0.15, 0.2) is 65.7 Å². The van der Waals surface area contributed by atoms with Gasteiger partial charge in [0.05, 0.1) is 24.5 Å². The van der Waals surface area contributed by atoms with E-state index < -0.39 is 11.6 Å². The number of rotatable bonds is 7. The molecule has 2 aromatic carbocycles. The molecule has 0 aliphatic heterocycles. The Morgan fingerprint density at radius 2 is 1.86 bits per heavy atom. The second-order valence-electron chi connectivity index (χ2n) is 8.56. The first kappa shape index (κ1) is 22.3. The number of carbonyl (C=O) groups excluding carboxylic acids is 1. The number of hydrogen-bond donors (Lipinski definition) is 1. The Morgan fingerprint density at radius 3 is 2.57 bits per heavy atom. The van der Waals surface area contributed by atoms with Crippen molar-refractivity contribution >= 4 is 22.8 Å². The Morgan fingerprint density at radius 1 is 1.11 bits per heavy atom. The Bertz CT molecular complexity index is 1440. The molecule has 1 aliphatic carbocycles. The summed E-state index contributed by atoms with van der Waals surface area (Å²) in [7, 11) is 0. The lowest BCUT2D eigenvalue weighted by atomic mass is 10.2. The molecule has 1 amide bonds. The van der Waals surface area contributed by atoms with Gasteiger partial charge in [-0.15, -0.1) is 0 Å². The van der Waals surface area contributed by atoms with E-state index in [2.05, 4.69) is 15.3 Å². The molecule has 5 rings (SSSR count). The van der Waals surface area contributed by atoms with Gasteiger partial charge in [-0.3, -0.25) is 9.36 Å². The highest BCUT2D eigenvalue weighted by atomic mass is 16.5. The van der Waals surface area contributed by atoms with Crippen LogP contribution in [0.1, 0.15) is 42.9 Å². The minimum absolute atomic E-state index is 0.105. The monoisotopic (exact) mass is 468 g/mol. The number of nitrogens with zero attached hydrogens (tertiary/aromatic N) is 5. The highest BCUT2D eigenvalue weighted by molar-refractivity contribution is 5.92. The van der Waals surface area contributed by atoms with Crippen molar-refractivity contribution in [3.63, 3.8) is 0 Å². The predicted octanol–water partition coefficient (Wildman–Crippen LogP) is 3.65. The van der Waals surface area contributed by atoms with Gasteiger partial charge in [-0.05, 0) is 42.7 Å². The van der Waals surface area contributed by atoms with Crippen LogP contribution in [0, 0.1) is 11.3 Å². The number of nitrogens with one attached hydrogen (secondary N) is 1. The highest BCUT2D eigenvalue weighted by Gasteiger charge is 2.24. The van der Waals surface area contributed by atoms with E-state index in [0.717, 1.165) is 31.2 Å². The predicted molar refractivity (Wildman–Crippen MR) is 130 cm³/mol. The number of imidazole rings is 1. The summed E-state index contributed by atoms with van der Waals surface area (Å²) in [4.78, 5) is 34.3. The number of nitriles is 1. The summed E-state index contributed by atoms with van der Waals surface area (Å²) in [5.41, 5.74) is 2.64. The molecule has 1 saturated carbocycles. The van der Waals surface area contributed by atoms with Crippen molar-refractivity contribution in [1.82, 2.24) is 19.1 Å². The SMILES string of the molecule is N#Cc1ccc(NC(=O)COc2nc(=O)n(Cc3ccccc3)c3ncn(C4CCCC4)c23)cc1. The third-order valence-corrected chi connectivity index (χ3v) is 6.20. The summed E-state index contributed by atoms with van der Waals surface area (Å²) < 4.78 is 9.37. The minimum atomic E-state index is -0.486. The van der Waals surface area contributed by atoms with E-state index in [4.69, 9.17) is 10.00 Å². The van der Waals surface area contributed by atoms with E-state index in [9.17, 15) is 9.59 Å². The zero-order valence-corrected chi connectivity index (χ0v) is 19.1. The summed E-state index contributed by atoms with van der Waals surface area (Å²) in [6.07, 6.45) is 6.03. The van der Waals surface area contributed by atoms with Gasteiger partial charge in [-0.2, -0.15) is 10.2 Å². The van der Waals surface area contributed by atoms with E-state index in [1.165, 1.54) is 0 Å². The van der Waals surface area contributed by atoms with Crippen molar-refractivity contribution in [2.45, 2.75) is 38.3 Å². The second-order valence-corrected chi connectivity index (χ2v) is 8.56. The van der Waals surface area contributed by atoms with Crippen LogP contribution < -0.4 is 15.7 Å². The topological polar surface area (TPSA) is 115 Å². The Hall–Kier alpha value is -4.45. The van der Waals surface area contributed by atoms with Gasteiger partial charge in [0.2, 0.25) is 5.88 Å². The lowest BCUT2D eigenvalue weighted by Crippen LogP contribution is -2.27. The van der Waals surface area contributed by atoms with Crippen molar-refractivity contribution in [1.29, 1.82) is 5.26 Å². The van der Waals surface area contributed by atoms with Gasteiger partial charge in [0.25, 0.3) is 5.91 Å². The van der Waals surface area contributed by atoms with Gasteiger partial charge < -0.3 is 14.6 Å². The maximum absolute atomic E-state index is 13.0. The standard InChI is InChI=1S/C26H24N6O3/c27-14-18-10-12-20(13-11-18)29-22(33)16-35-25-23-24(28-17-32(23)21-8-4-5-9-21)31(26(34)30-25)15-19-6-2-1-3-7-19/h1-3,6-7,10-13,17,21H,4-5,8-9,15-16H2,(H,29,33). The molecular weight excluding hydrogens is 444 g/mol. The zero-order valence-electron chi connectivity index (χ0n) is 19.1. The fourth-order valence-electron chi connectivity index (χ4n) is 4.47. The normalized spacial score (nSPS) is 13.6. The van der Waals surface area contributed by atoms with E-state index in [1.807, 2.05) is 41.0 Å². The smallest absolute Gasteiger partial charge is 0.352 e. The molecule has 0 spiro atoms. The van der Waals surface area contributed by atoms with Gasteiger partial charge in [-0.1, -0.05) is 43.2 Å². The molecular formula is C26H24N6O3. The molecule has 0 saturated heterocycles. The summed E-state index contributed by atoms with van der Waals surface area (Å²) in [5.74, 6) is -0.293. The summed E-state index contributed by atoms with van der Waals surface area (Å²) in [6.45, 7) is 0.0183. The Labute approximate surface area is 201 Å². The van der Waals surface area contributed by atoms with Crippen molar-refractivity contribution < 1.29 is 9.53 Å². The van der Waals surface area contributed by atoms with Gasteiger partial charge >= 0.3 is 5.69 Å². The maximum Gasteiger partial charge on any atom is 0.352 e. The first-order chi connectivity index (χ1) is 17.1. The average Bonchev–Trinajstić information content (AvgIpc) is 3.56. The second kappa shape index (κ2) is 9.81. The van der Waals surface area contributed by atoms with Gasteiger partial charge in [-0.25, -0.2) is 9.78 Å². The number of hydrogen-bond acceptors (Lipinski definition) is 6. The van der Waals surface area contributed by atoms with E-state index in [-0.39, 0.29) is 18.5 Å². The molecule has 4 aromatic rings. The fraction of sp³-hybridized carbons (Fsp3) is 0.269. The fourth-order valence-corrected chi connectivity index (χ4v) is 4.47. The van der Waals surface area contributed by atoms with Crippen molar-refractivity contribution in [2.24, 2.45) is 0 Å². The van der Waals surface area contributed by atoms with Crippen LogP contribution >= 0.6 is 0 Å². The summed E-state index contributed by atoms with van der Waals surface area (Å²) in [5, 5.41) is 11.6. The Kier molecular flexibility index (Phi) is 6.26. The molecule has 0 unspecified atom stereocenters. The summed E-state index contributed by atoms with van der Waals surface area (Å²) >= 11 is 0. The number of anilines is 1. The Balaban J connectivity index is 1.44. The van der Waals surface area contributed by atoms with Crippen LogP contribution in [0.3, 0.4) is 0 Å². The van der Waals surface area contributed by atoms with Crippen LogP contribution in [0.2, 0.25) is 0 Å². The van der Waals surface area contributed by atoms with Gasteiger partial charge in [0.1, 0.15) is 5.52 Å². The molecule has 2 aromatic heterocycles. The molecule has 9 heteroatoms. The van der Waals surface area contributed by atoms with E-state index in [0.29, 0.717) is 29.0 Å². The van der Waals surface area contributed by atoms with Crippen LogP contribution in [-0.4, -0.2) is 31.6 Å². The number of benzene rings is 2. The van der Waals surface area contributed by atoms with Crippen molar-refractivity contribution in [2.75, 3.05) is 11.9 Å². The molecule has 0 atom stereocenters. The van der Waals surface area contributed by atoms with Gasteiger partial charge in [0.15, 0.2) is 12.3 Å². The molecule has 1 aliphatic rings. The number of carbonyl (C=O) groups is 1. The lowest BCUT2D eigenvalue weighted by Gasteiger charge is -2.16. The third kappa shape index (κ3) is 4.77. The molecule has 2 heterocycles. The van der Waals surface area contributed by atoms with E-state index in [1.54, 1.807) is 35.2 Å². The van der Waals surface area contributed by atoms with Crippen LogP contribution in [0.25, 0.3) is 11.2 Å². The maximum atomic E-state index is 13.0. The van der Waals surface area contributed by atoms with E-state index >= 15 is 0 Å². The lowest BCUT2D eigenvalue weighted by molar-refractivity contribution is -0.118. The quantitative estimate of drug-likeness (QED) is 0.443. The van der Waals surface area contributed by atoms with Crippen LogP contribution in [0.4, 0.5) is 5.69 Å².